The van der Waals surface area contributed by atoms with Crippen LogP contribution in [0.5, 0.6) is 0 Å². The van der Waals surface area contributed by atoms with Gasteiger partial charge in [-0.3, -0.25) is 0 Å². The van der Waals surface area contributed by atoms with Crippen LogP contribution < -0.4 is 17.7 Å². The van der Waals surface area contributed by atoms with Gasteiger partial charge in [-0.05, 0) is 19.0 Å². The molecule has 1 aliphatic rings. The first kappa shape index (κ1) is 16.2. The van der Waals surface area contributed by atoms with E-state index in [1.54, 1.807) is 6.08 Å². The third-order valence-electron chi connectivity index (χ3n) is 1.87. The number of hydrogen-bond donors (Lipinski definition) is 1. The molecule has 0 bridgehead atoms. The van der Waals surface area contributed by atoms with E-state index < -0.39 is 0 Å². The van der Waals surface area contributed by atoms with Crippen LogP contribution in [-0.2, 0) is 19.5 Å². The molecule has 3 nitrogen and oxygen atoms in total. The van der Waals surface area contributed by atoms with Gasteiger partial charge in [0.05, 0.1) is 0 Å². The van der Waals surface area contributed by atoms with Crippen LogP contribution in [0, 0.1) is 0 Å². The summed E-state index contributed by atoms with van der Waals surface area (Å²) in [7, 11) is 0. The van der Waals surface area contributed by atoms with Gasteiger partial charge in [-0.15, -0.1) is 0 Å². The maximum absolute atomic E-state index is 8.50. The molecule has 0 aliphatic heterocycles. The largest absolute Gasteiger partial charge is 2.00 e. The van der Waals surface area contributed by atoms with E-state index in [9.17, 15) is 0 Å². The molecule has 1 atom stereocenters. The number of hydrogen-bond acceptors (Lipinski definition) is 1. The molecule has 5 heteroatoms. The van der Waals surface area contributed by atoms with E-state index in [0.717, 1.165) is 6.54 Å². The fourth-order valence-corrected chi connectivity index (χ4v) is 1.23. The minimum atomic E-state index is 0. The molecule has 1 aliphatic carbocycles. The molecular weight excluding hydrogens is 251 g/mol. The average molecular weight is 264 g/mol. The molecule has 0 saturated heterocycles. The molecule has 1 rings (SSSR count). The summed E-state index contributed by atoms with van der Waals surface area (Å²) in [5.74, 6) is 0. The predicted molar refractivity (Wildman–Crippen MR) is 49.0 cm³/mol. The van der Waals surface area contributed by atoms with Crippen molar-refractivity contribution < 1.29 is 36.7 Å². The summed E-state index contributed by atoms with van der Waals surface area (Å²) in [5, 5.41) is 3.29. The van der Waals surface area contributed by atoms with E-state index in [0.29, 0.717) is 11.8 Å². The van der Waals surface area contributed by atoms with Crippen molar-refractivity contribution in [3.05, 3.63) is 29.3 Å². The minimum Gasteiger partial charge on any atom is -1.00 e. The van der Waals surface area contributed by atoms with Crippen molar-refractivity contribution in [3.63, 3.8) is 0 Å². The molecule has 0 aromatic rings. The molecule has 0 spiro atoms. The third kappa shape index (κ3) is 4.30. The first-order valence-electron chi connectivity index (χ1n) is 4.09. The number of halogens is 1. The number of rotatable bonds is 2. The van der Waals surface area contributed by atoms with Crippen molar-refractivity contribution in [2.45, 2.75) is 19.9 Å². The zero-order chi connectivity index (χ0) is 8.97. The summed E-state index contributed by atoms with van der Waals surface area (Å²) in [6.45, 7) is 5.02. The number of nitrogens with one attached hydrogen (secondary N) is 1. The maximum atomic E-state index is 8.50. The molecule has 0 saturated carbocycles. The summed E-state index contributed by atoms with van der Waals surface area (Å²) in [6, 6.07) is 0.292. The van der Waals surface area contributed by atoms with E-state index in [1.807, 2.05) is 19.1 Å². The molecule has 0 heterocycles. The van der Waals surface area contributed by atoms with Crippen LogP contribution in [0.1, 0.15) is 13.8 Å². The van der Waals surface area contributed by atoms with Crippen LogP contribution in [-0.4, -0.2) is 23.1 Å². The third-order valence-corrected chi connectivity index (χ3v) is 1.87. The second kappa shape index (κ2) is 8.08. The number of likely N-dealkylation sites (N-methyl/N-ethyl adjacent to an activating group) is 1. The van der Waals surface area contributed by atoms with Crippen LogP contribution in [0.3, 0.4) is 0 Å². The summed E-state index contributed by atoms with van der Waals surface area (Å²) in [4.78, 5) is 3.12. The van der Waals surface area contributed by atoms with Gasteiger partial charge >= 0.3 is 25.2 Å². The first-order valence-corrected chi connectivity index (χ1v) is 4.09. The van der Waals surface area contributed by atoms with Gasteiger partial charge in [0.15, 0.2) is 0 Å². The van der Waals surface area contributed by atoms with Crippen molar-refractivity contribution >= 4 is 5.71 Å². The average Bonchev–Trinajstić information content (AvgIpc) is 2.09. The Bertz CT molecular complexity index is 280. The minimum absolute atomic E-state index is 0. The Hall–Kier alpha value is -0.267. The van der Waals surface area contributed by atoms with Crippen LogP contribution in [0.2, 0.25) is 0 Å². The Morgan fingerprint density at radius 1 is 1.57 bits per heavy atom. The van der Waals surface area contributed by atoms with Crippen LogP contribution in [0.15, 0.2) is 23.8 Å². The van der Waals surface area contributed by atoms with E-state index in [2.05, 4.69) is 17.0 Å². The second-order valence-electron chi connectivity index (χ2n) is 2.81. The smallest absolute Gasteiger partial charge is 1.00 e. The maximum Gasteiger partial charge on any atom is 2.00 e. The van der Waals surface area contributed by atoms with Crippen LogP contribution >= 0.6 is 0 Å². The normalized spacial score (nSPS) is 18.9. The Labute approximate surface area is 103 Å². The van der Waals surface area contributed by atoms with E-state index in [-0.39, 0.29) is 31.9 Å². The molecule has 0 amide bonds. The van der Waals surface area contributed by atoms with E-state index >= 15 is 0 Å². The van der Waals surface area contributed by atoms with Crippen LogP contribution in [0.4, 0.5) is 0 Å². The molecule has 0 aromatic heterocycles. The first-order chi connectivity index (χ1) is 5.77. The molecule has 1 unspecified atom stereocenters. The molecule has 72 valence electrons. The van der Waals surface area contributed by atoms with E-state index in [1.165, 1.54) is 5.57 Å². The zero-order valence-corrected chi connectivity index (χ0v) is 12.2. The monoisotopic (exact) mass is 262 g/mol. The van der Waals surface area contributed by atoms with Gasteiger partial charge < -0.3 is 23.3 Å². The van der Waals surface area contributed by atoms with Crippen molar-refractivity contribution in [3.8, 4) is 0 Å². The molecule has 1 N–H and O–H groups in total. The van der Waals surface area contributed by atoms with Gasteiger partial charge in [0.2, 0.25) is 0 Å². The molecule has 14 heavy (non-hydrogen) atoms. The molecule has 0 radical (unpaired) electrons. The quantitative estimate of drug-likeness (QED) is 0.355. The summed E-state index contributed by atoms with van der Waals surface area (Å²) >= 11 is 0. The van der Waals surface area contributed by atoms with Crippen molar-refractivity contribution in [1.29, 1.82) is 0 Å². The van der Waals surface area contributed by atoms with Gasteiger partial charge in [-0.25, -0.2) is 0 Å². The second-order valence-corrected chi connectivity index (χ2v) is 2.81. The van der Waals surface area contributed by atoms with Crippen molar-refractivity contribution in [2.75, 3.05) is 6.54 Å². The molecule has 0 fully saturated rings. The van der Waals surface area contributed by atoms with Gasteiger partial charge in [0.25, 0.3) is 0 Å². The van der Waals surface area contributed by atoms with Crippen LogP contribution in [0.25, 0.3) is 5.53 Å². The topological polar surface area (TPSA) is 48.4 Å². The standard InChI is InChI=1S/C9H13N3.ClH.Zn/c1-3-11-9-5-4-8(12-10)6-7(9)2;;/h4-6,9,11H,3H2,1-2H3;1H;/q;;+2/p-1. The summed E-state index contributed by atoms with van der Waals surface area (Å²) in [5.41, 5.74) is 10.3. The fourth-order valence-electron chi connectivity index (χ4n) is 1.23. The van der Waals surface area contributed by atoms with Crippen molar-refractivity contribution in [1.82, 2.24) is 5.32 Å². The Balaban J connectivity index is 0. The van der Waals surface area contributed by atoms with Gasteiger partial charge in [0.1, 0.15) is 0 Å². The number of nitrogens with zero attached hydrogens (tertiary/aromatic N) is 2. The number of allylic oxidation sites excluding steroid dienone is 2. The predicted octanol–water partition coefficient (Wildman–Crippen LogP) is -1.85. The fraction of sp³-hybridized carbons (Fsp3) is 0.444. The Kier molecular flexibility index (Phi) is 9.33. The molecule has 0 aromatic carbocycles. The SMILES string of the molecule is CCNC1C=CC(=[N+]=[N-])C=C1C.[Cl-].[Zn+2]. The molecular formula is C9H13ClN3Zn+. The zero-order valence-electron chi connectivity index (χ0n) is 8.50. The van der Waals surface area contributed by atoms with Gasteiger partial charge in [-0.1, -0.05) is 13.0 Å². The van der Waals surface area contributed by atoms with Gasteiger partial charge in [-0.2, -0.15) is 4.79 Å². The summed E-state index contributed by atoms with van der Waals surface area (Å²) in [6.07, 6.45) is 5.67. The summed E-state index contributed by atoms with van der Waals surface area (Å²) < 4.78 is 0. The van der Waals surface area contributed by atoms with Crippen molar-refractivity contribution in [2.24, 2.45) is 0 Å². The van der Waals surface area contributed by atoms with Gasteiger partial charge in [0, 0.05) is 18.2 Å². The Morgan fingerprint density at radius 3 is 2.64 bits per heavy atom. The Morgan fingerprint density at radius 2 is 2.21 bits per heavy atom. The van der Waals surface area contributed by atoms with E-state index in [4.69, 9.17) is 5.53 Å².